The topological polar surface area (TPSA) is 39.9 Å². The normalized spacial score (nSPS) is 11.4. The highest BCUT2D eigenvalue weighted by Gasteiger charge is 2.12. The van der Waals surface area contributed by atoms with Crippen molar-refractivity contribution in [3.05, 3.63) is 11.1 Å². The molecule has 0 aliphatic heterocycles. The summed E-state index contributed by atoms with van der Waals surface area (Å²) < 4.78 is 7.48. The van der Waals surface area contributed by atoms with Crippen molar-refractivity contribution in [3.63, 3.8) is 0 Å². The number of ether oxygens (including phenoxy) is 1. The Morgan fingerprint density at radius 2 is 1.94 bits per heavy atom. The summed E-state index contributed by atoms with van der Waals surface area (Å²) in [5.41, 5.74) is 0. The number of hydrogen-bond donors (Lipinski definition) is 0. The van der Waals surface area contributed by atoms with Crippen LogP contribution in [-0.4, -0.2) is 28.0 Å². The lowest BCUT2D eigenvalue weighted by molar-refractivity contribution is 0.126. The van der Waals surface area contributed by atoms with E-state index in [1.54, 1.807) is 0 Å². The second-order valence-corrected chi connectivity index (χ2v) is 4.79. The van der Waals surface area contributed by atoms with Crippen LogP contribution in [0.25, 0.3) is 0 Å². The molecule has 1 heterocycles. The molecule has 0 bridgehead atoms. The summed E-state index contributed by atoms with van der Waals surface area (Å²) in [6.45, 7) is 8.79. The summed E-state index contributed by atoms with van der Waals surface area (Å²) in [5, 5.41) is 8.46. The number of unbranched alkanes of at least 4 members (excludes halogenated alkanes) is 1. The first-order valence-corrected chi connectivity index (χ1v) is 6.71. The van der Waals surface area contributed by atoms with E-state index < -0.39 is 0 Å². The Morgan fingerprint density at radius 3 is 2.59 bits per heavy atom. The van der Waals surface area contributed by atoms with Crippen LogP contribution in [0, 0.1) is 0 Å². The molecule has 0 N–H and O–H groups in total. The molecule has 17 heavy (non-hydrogen) atoms. The number of hydrogen-bond acceptors (Lipinski definition) is 3. The van der Waals surface area contributed by atoms with Crippen LogP contribution in [0.4, 0.5) is 0 Å². The monoisotopic (exact) mass is 259 g/mol. The van der Waals surface area contributed by atoms with Crippen LogP contribution in [-0.2, 0) is 11.3 Å². The Labute approximate surface area is 108 Å². The zero-order valence-electron chi connectivity index (χ0n) is 10.9. The predicted molar refractivity (Wildman–Crippen MR) is 69.5 cm³/mol. The van der Waals surface area contributed by atoms with E-state index in [-0.39, 0.29) is 0 Å². The fourth-order valence-corrected chi connectivity index (χ4v) is 1.81. The molecule has 0 fully saturated rings. The Bertz CT molecular complexity index is 326. The van der Waals surface area contributed by atoms with E-state index in [0.717, 1.165) is 38.4 Å². The van der Waals surface area contributed by atoms with E-state index >= 15 is 0 Å². The molecule has 0 aliphatic rings. The van der Waals surface area contributed by atoms with E-state index in [0.29, 0.717) is 11.2 Å². The first kappa shape index (κ1) is 14.5. The van der Waals surface area contributed by atoms with Gasteiger partial charge in [-0.05, 0) is 24.4 Å². The highest BCUT2D eigenvalue weighted by Crippen LogP contribution is 2.16. The van der Waals surface area contributed by atoms with E-state index in [1.807, 2.05) is 4.57 Å². The molecule has 0 unspecified atom stereocenters. The largest absolute Gasteiger partial charge is 0.381 e. The second-order valence-electron chi connectivity index (χ2n) is 4.45. The second kappa shape index (κ2) is 7.67. The van der Waals surface area contributed by atoms with Gasteiger partial charge in [-0.2, -0.15) is 0 Å². The third-order valence-corrected chi connectivity index (χ3v) is 2.84. The van der Waals surface area contributed by atoms with Crippen molar-refractivity contribution in [1.82, 2.24) is 14.8 Å². The lowest BCUT2D eigenvalue weighted by Gasteiger charge is -2.10. The number of rotatable bonds is 8. The molecular formula is C12H22ClN3O. The van der Waals surface area contributed by atoms with Crippen LogP contribution < -0.4 is 0 Å². The average Bonchev–Trinajstić information content (AvgIpc) is 2.65. The molecule has 1 aromatic rings. The van der Waals surface area contributed by atoms with Crippen LogP contribution in [0.2, 0.25) is 5.28 Å². The predicted octanol–water partition coefficient (Wildman–Crippen LogP) is 3.26. The van der Waals surface area contributed by atoms with Gasteiger partial charge in [0, 0.05) is 25.7 Å². The fourth-order valence-electron chi connectivity index (χ4n) is 1.60. The third-order valence-electron chi connectivity index (χ3n) is 2.56. The molecule has 0 atom stereocenters. The Morgan fingerprint density at radius 1 is 1.24 bits per heavy atom. The van der Waals surface area contributed by atoms with Crippen molar-refractivity contribution in [2.24, 2.45) is 0 Å². The van der Waals surface area contributed by atoms with Gasteiger partial charge in [-0.15, -0.1) is 10.2 Å². The Kier molecular flexibility index (Phi) is 6.52. The van der Waals surface area contributed by atoms with E-state index in [9.17, 15) is 0 Å². The minimum atomic E-state index is 0.344. The van der Waals surface area contributed by atoms with Gasteiger partial charge in [-0.3, -0.25) is 0 Å². The van der Waals surface area contributed by atoms with Gasteiger partial charge in [-0.25, -0.2) is 0 Å². The molecule has 0 saturated heterocycles. The van der Waals surface area contributed by atoms with Crippen molar-refractivity contribution in [3.8, 4) is 0 Å². The molecule has 0 amide bonds. The van der Waals surface area contributed by atoms with E-state index in [2.05, 4.69) is 31.0 Å². The molecule has 0 spiro atoms. The van der Waals surface area contributed by atoms with Crippen LogP contribution in [0.1, 0.15) is 51.8 Å². The summed E-state index contributed by atoms with van der Waals surface area (Å²) >= 11 is 6.00. The SMILES string of the molecule is CCCCOCCCn1c(Cl)nnc1C(C)C. The fraction of sp³-hybridized carbons (Fsp3) is 0.833. The zero-order valence-corrected chi connectivity index (χ0v) is 11.7. The van der Waals surface area contributed by atoms with Gasteiger partial charge in [0.2, 0.25) is 5.28 Å². The molecule has 0 saturated carbocycles. The van der Waals surface area contributed by atoms with Crippen molar-refractivity contribution in [2.75, 3.05) is 13.2 Å². The molecule has 0 aromatic carbocycles. The van der Waals surface area contributed by atoms with Crippen molar-refractivity contribution < 1.29 is 4.74 Å². The third kappa shape index (κ3) is 4.64. The lowest BCUT2D eigenvalue weighted by atomic mass is 10.2. The molecule has 5 heteroatoms. The van der Waals surface area contributed by atoms with Crippen molar-refractivity contribution >= 4 is 11.6 Å². The molecule has 1 rings (SSSR count). The highest BCUT2D eigenvalue weighted by atomic mass is 35.5. The molecule has 0 aliphatic carbocycles. The van der Waals surface area contributed by atoms with Gasteiger partial charge in [0.05, 0.1) is 0 Å². The van der Waals surface area contributed by atoms with Crippen molar-refractivity contribution in [1.29, 1.82) is 0 Å². The molecule has 4 nitrogen and oxygen atoms in total. The standard InChI is InChI=1S/C12H22ClN3O/c1-4-5-8-17-9-6-7-16-11(10(2)3)14-15-12(16)13/h10H,4-9H2,1-3H3. The van der Waals surface area contributed by atoms with Gasteiger partial charge >= 0.3 is 0 Å². The molecule has 98 valence electrons. The first-order valence-electron chi connectivity index (χ1n) is 6.33. The lowest BCUT2D eigenvalue weighted by Crippen LogP contribution is -2.08. The van der Waals surface area contributed by atoms with Crippen LogP contribution in [0.3, 0.4) is 0 Å². The quantitative estimate of drug-likeness (QED) is 0.673. The van der Waals surface area contributed by atoms with Gasteiger partial charge < -0.3 is 9.30 Å². The van der Waals surface area contributed by atoms with Gasteiger partial charge in [0.15, 0.2) is 0 Å². The summed E-state index contributed by atoms with van der Waals surface area (Å²) in [5.74, 6) is 1.29. The summed E-state index contributed by atoms with van der Waals surface area (Å²) in [6.07, 6.45) is 3.25. The minimum absolute atomic E-state index is 0.344. The smallest absolute Gasteiger partial charge is 0.225 e. The summed E-state index contributed by atoms with van der Waals surface area (Å²) in [6, 6.07) is 0. The first-order chi connectivity index (χ1) is 8.16. The van der Waals surface area contributed by atoms with Gasteiger partial charge in [0.1, 0.15) is 5.82 Å². The molecule has 1 aromatic heterocycles. The average molecular weight is 260 g/mol. The number of aromatic nitrogens is 3. The van der Waals surface area contributed by atoms with Crippen LogP contribution in [0.5, 0.6) is 0 Å². The summed E-state index contributed by atoms with van der Waals surface area (Å²) in [7, 11) is 0. The van der Waals surface area contributed by atoms with Gasteiger partial charge in [0.25, 0.3) is 0 Å². The minimum Gasteiger partial charge on any atom is -0.381 e. The Balaban J connectivity index is 2.33. The summed E-state index contributed by atoms with van der Waals surface area (Å²) in [4.78, 5) is 0. The van der Waals surface area contributed by atoms with E-state index in [1.165, 1.54) is 6.42 Å². The van der Waals surface area contributed by atoms with Gasteiger partial charge in [-0.1, -0.05) is 27.2 Å². The maximum atomic E-state index is 6.00. The maximum Gasteiger partial charge on any atom is 0.225 e. The number of nitrogens with zero attached hydrogens (tertiary/aromatic N) is 3. The zero-order chi connectivity index (χ0) is 12.7. The van der Waals surface area contributed by atoms with Crippen LogP contribution >= 0.6 is 11.6 Å². The maximum absolute atomic E-state index is 6.00. The molecule has 0 radical (unpaired) electrons. The molecular weight excluding hydrogens is 238 g/mol. The number of halogens is 1. The van der Waals surface area contributed by atoms with Crippen LogP contribution in [0.15, 0.2) is 0 Å². The Hall–Kier alpha value is -0.610. The highest BCUT2D eigenvalue weighted by molar-refractivity contribution is 6.28. The van der Waals surface area contributed by atoms with Crippen molar-refractivity contribution in [2.45, 2.75) is 52.5 Å². The van der Waals surface area contributed by atoms with E-state index in [4.69, 9.17) is 16.3 Å².